The van der Waals surface area contributed by atoms with Gasteiger partial charge in [0.25, 0.3) is 0 Å². The summed E-state index contributed by atoms with van der Waals surface area (Å²) in [5, 5.41) is 13.0. The van der Waals surface area contributed by atoms with E-state index in [-0.39, 0.29) is 5.92 Å². The lowest BCUT2D eigenvalue weighted by Gasteiger charge is -2.42. The summed E-state index contributed by atoms with van der Waals surface area (Å²) in [6.07, 6.45) is 2.53. The van der Waals surface area contributed by atoms with Gasteiger partial charge < -0.3 is 15.2 Å². The molecule has 110 valence electrons. The van der Waals surface area contributed by atoms with Crippen LogP contribution in [0.5, 0.6) is 5.75 Å². The second kappa shape index (κ2) is 5.73. The maximum Gasteiger partial charge on any atom is 0.329 e. The Hall–Kier alpha value is -1.71. The van der Waals surface area contributed by atoms with Crippen molar-refractivity contribution in [3.63, 3.8) is 0 Å². The van der Waals surface area contributed by atoms with Gasteiger partial charge in [0.05, 0.1) is 7.11 Å². The Morgan fingerprint density at radius 1 is 1.45 bits per heavy atom. The van der Waals surface area contributed by atoms with E-state index in [1.807, 2.05) is 31.2 Å². The molecule has 2 rings (SSSR count). The lowest BCUT2D eigenvalue weighted by atomic mass is 9.70. The molecule has 0 radical (unpaired) electrons. The van der Waals surface area contributed by atoms with Gasteiger partial charge in [-0.05, 0) is 43.2 Å². The summed E-state index contributed by atoms with van der Waals surface area (Å²) in [4.78, 5) is 11.9. The Kier molecular flexibility index (Phi) is 4.21. The normalized spacial score (nSPS) is 29.8. The van der Waals surface area contributed by atoms with Crippen LogP contribution in [0.25, 0.3) is 0 Å². The van der Waals surface area contributed by atoms with Gasteiger partial charge >= 0.3 is 5.97 Å². The Bertz CT molecular complexity index is 488. The summed E-state index contributed by atoms with van der Waals surface area (Å²) >= 11 is 0. The molecular weight excluding hydrogens is 254 g/mol. The molecule has 0 aliphatic heterocycles. The molecule has 3 atom stereocenters. The van der Waals surface area contributed by atoms with Crippen LogP contribution in [0, 0.1) is 11.8 Å². The molecule has 3 unspecified atom stereocenters. The monoisotopic (exact) mass is 277 g/mol. The molecule has 0 bridgehead atoms. The van der Waals surface area contributed by atoms with Crippen LogP contribution >= 0.6 is 0 Å². The number of nitrogens with one attached hydrogen (secondary N) is 1. The lowest BCUT2D eigenvalue weighted by molar-refractivity contribution is -0.145. The van der Waals surface area contributed by atoms with Crippen molar-refractivity contribution in [3.8, 4) is 5.75 Å². The van der Waals surface area contributed by atoms with Gasteiger partial charge in [-0.25, -0.2) is 4.79 Å². The predicted octanol–water partition coefficient (Wildman–Crippen LogP) is 3.39. The Morgan fingerprint density at radius 2 is 2.20 bits per heavy atom. The Labute approximate surface area is 120 Å². The van der Waals surface area contributed by atoms with Crippen LogP contribution in [0.4, 0.5) is 5.69 Å². The zero-order valence-corrected chi connectivity index (χ0v) is 12.3. The molecular formula is C16H23NO3. The van der Waals surface area contributed by atoms with Crippen molar-refractivity contribution in [1.29, 1.82) is 0 Å². The highest BCUT2D eigenvalue weighted by molar-refractivity contribution is 5.83. The molecule has 1 aliphatic rings. The quantitative estimate of drug-likeness (QED) is 0.885. The van der Waals surface area contributed by atoms with E-state index in [1.54, 1.807) is 7.11 Å². The van der Waals surface area contributed by atoms with Gasteiger partial charge in [0.15, 0.2) is 0 Å². The molecule has 4 heteroatoms. The fraction of sp³-hybridized carbons (Fsp3) is 0.562. The third-order valence-corrected chi connectivity index (χ3v) is 4.45. The van der Waals surface area contributed by atoms with Crippen molar-refractivity contribution in [1.82, 2.24) is 0 Å². The third kappa shape index (κ3) is 2.74. The summed E-state index contributed by atoms with van der Waals surface area (Å²) in [5.41, 5.74) is -0.0769. The standard InChI is InChI=1S/C16H23NO3/c1-11-7-8-16(15(18)19,12(2)9-11)17-13-5-4-6-14(10-13)20-3/h4-6,10-12,17H,7-9H2,1-3H3,(H,18,19). The van der Waals surface area contributed by atoms with E-state index >= 15 is 0 Å². The summed E-state index contributed by atoms with van der Waals surface area (Å²) in [7, 11) is 1.61. The summed E-state index contributed by atoms with van der Waals surface area (Å²) in [6.45, 7) is 4.21. The number of hydrogen-bond donors (Lipinski definition) is 2. The number of aliphatic carboxylic acids is 1. The number of methoxy groups -OCH3 is 1. The first kappa shape index (κ1) is 14.7. The van der Waals surface area contributed by atoms with Crippen molar-refractivity contribution >= 4 is 11.7 Å². The molecule has 20 heavy (non-hydrogen) atoms. The van der Waals surface area contributed by atoms with Crippen LogP contribution in [0.15, 0.2) is 24.3 Å². The first-order chi connectivity index (χ1) is 9.48. The van der Waals surface area contributed by atoms with Gasteiger partial charge in [-0.1, -0.05) is 19.9 Å². The zero-order chi connectivity index (χ0) is 14.8. The molecule has 0 aromatic heterocycles. The third-order valence-electron chi connectivity index (χ3n) is 4.45. The second-order valence-corrected chi connectivity index (χ2v) is 5.91. The lowest BCUT2D eigenvalue weighted by Crippen LogP contribution is -2.54. The van der Waals surface area contributed by atoms with E-state index < -0.39 is 11.5 Å². The number of ether oxygens (including phenoxy) is 1. The van der Waals surface area contributed by atoms with Gasteiger partial charge in [0, 0.05) is 11.8 Å². The minimum absolute atomic E-state index is 0.0925. The maximum atomic E-state index is 11.9. The number of carbonyl (C=O) groups is 1. The van der Waals surface area contributed by atoms with Crippen molar-refractivity contribution in [2.24, 2.45) is 11.8 Å². The Balaban J connectivity index is 2.27. The van der Waals surface area contributed by atoms with E-state index in [0.717, 1.165) is 24.3 Å². The van der Waals surface area contributed by atoms with Crippen molar-refractivity contribution in [2.75, 3.05) is 12.4 Å². The van der Waals surface area contributed by atoms with E-state index in [0.29, 0.717) is 12.3 Å². The van der Waals surface area contributed by atoms with Gasteiger partial charge in [-0.2, -0.15) is 0 Å². The highest BCUT2D eigenvalue weighted by atomic mass is 16.5. The van der Waals surface area contributed by atoms with Gasteiger partial charge in [-0.15, -0.1) is 0 Å². The molecule has 1 aromatic rings. The fourth-order valence-electron chi connectivity index (χ4n) is 3.16. The molecule has 0 saturated heterocycles. The SMILES string of the molecule is COc1cccc(NC2(C(=O)O)CCC(C)CC2C)c1. The van der Waals surface area contributed by atoms with E-state index in [1.165, 1.54) is 0 Å². The zero-order valence-electron chi connectivity index (χ0n) is 12.3. The molecule has 1 saturated carbocycles. The fourth-order valence-corrected chi connectivity index (χ4v) is 3.16. The number of rotatable bonds is 4. The van der Waals surface area contributed by atoms with Gasteiger partial charge in [-0.3, -0.25) is 0 Å². The number of hydrogen-bond acceptors (Lipinski definition) is 3. The van der Waals surface area contributed by atoms with Crippen LogP contribution in [0.1, 0.15) is 33.1 Å². The smallest absolute Gasteiger partial charge is 0.329 e. The second-order valence-electron chi connectivity index (χ2n) is 5.91. The van der Waals surface area contributed by atoms with Crippen LogP contribution in [0.2, 0.25) is 0 Å². The van der Waals surface area contributed by atoms with Crippen LogP contribution in [-0.4, -0.2) is 23.7 Å². The van der Waals surface area contributed by atoms with Crippen molar-refractivity contribution in [2.45, 2.75) is 38.6 Å². The number of anilines is 1. The molecule has 1 fully saturated rings. The molecule has 0 heterocycles. The molecule has 0 spiro atoms. The molecule has 0 amide bonds. The molecule has 1 aromatic carbocycles. The highest BCUT2D eigenvalue weighted by Crippen LogP contribution is 2.39. The Morgan fingerprint density at radius 3 is 2.80 bits per heavy atom. The average Bonchev–Trinajstić information content (AvgIpc) is 2.42. The molecule has 1 aliphatic carbocycles. The number of carboxylic acid groups (broad SMARTS) is 1. The minimum Gasteiger partial charge on any atom is -0.497 e. The molecule has 2 N–H and O–H groups in total. The van der Waals surface area contributed by atoms with Crippen molar-refractivity contribution in [3.05, 3.63) is 24.3 Å². The maximum absolute atomic E-state index is 11.9. The minimum atomic E-state index is -0.876. The van der Waals surface area contributed by atoms with E-state index in [4.69, 9.17) is 4.74 Å². The molecule has 4 nitrogen and oxygen atoms in total. The van der Waals surface area contributed by atoms with Crippen LogP contribution < -0.4 is 10.1 Å². The summed E-state index contributed by atoms with van der Waals surface area (Å²) in [6, 6.07) is 7.45. The van der Waals surface area contributed by atoms with E-state index in [2.05, 4.69) is 12.2 Å². The van der Waals surface area contributed by atoms with Gasteiger partial charge in [0.2, 0.25) is 0 Å². The first-order valence-electron chi connectivity index (χ1n) is 7.13. The van der Waals surface area contributed by atoms with E-state index in [9.17, 15) is 9.90 Å². The topological polar surface area (TPSA) is 58.6 Å². The number of carboxylic acids is 1. The van der Waals surface area contributed by atoms with Crippen LogP contribution in [0.3, 0.4) is 0 Å². The largest absolute Gasteiger partial charge is 0.497 e. The number of benzene rings is 1. The van der Waals surface area contributed by atoms with Crippen LogP contribution in [-0.2, 0) is 4.79 Å². The summed E-state index contributed by atoms with van der Waals surface area (Å²) in [5.74, 6) is 0.645. The van der Waals surface area contributed by atoms with Crippen molar-refractivity contribution < 1.29 is 14.6 Å². The average molecular weight is 277 g/mol. The predicted molar refractivity (Wildman–Crippen MR) is 79.2 cm³/mol. The summed E-state index contributed by atoms with van der Waals surface area (Å²) < 4.78 is 5.19. The first-order valence-corrected chi connectivity index (χ1v) is 7.13. The highest BCUT2D eigenvalue weighted by Gasteiger charge is 2.46. The van der Waals surface area contributed by atoms with Gasteiger partial charge in [0.1, 0.15) is 11.3 Å².